The van der Waals surface area contributed by atoms with E-state index in [0.717, 1.165) is 45.3 Å². The van der Waals surface area contributed by atoms with E-state index in [1.807, 2.05) is 0 Å². The van der Waals surface area contributed by atoms with Gasteiger partial charge in [-0.3, -0.25) is 0 Å². The summed E-state index contributed by atoms with van der Waals surface area (Å²) in [6, 6.07) is 2.20. The average molecular weight is 257 g/mol. The van der Waals surface area contributed by atoms with Gasteiger partial charge in [-0.05, 0) is 24.8 Å². The van der Waals surface area contributed by atoms with Crippen molar-refractivity contribution in [2.24, 2.45) is 0 Å². The van der Waals surface area contributed by atoms with Crippen molar-refractivity contribution in [2.45, 2.75) is 64.8 Å². The molecule has 100 valence electrons. The minimum absolute atomic E-state index is 0.434. The van der Waals surface area contributed by atoms with Crippen LogP contribution in [0, 0.1) is 11.3 Å². The van der Waals surface area contributed by atoms with E-state index in [0.29, 0.717) is 12.0 Å². The van der Waals surface area contributed by atoms with Crippen molar-refractivity contribution in [3.63, 3.8) is 0 Å². The molecule has 0 aromatic heterocycles. The molecular weight excluding hydrogens is 230 g/mol. The van der Waals surface area contributed by atoms with Gasteiger partial charge in [-0.25, -0.2) is 0 Å². The summed E-state index contributed by atoms with van der Waals surface area (Å²) in [5, 5.41) is 8.61. The largest absolute Gasteiger partial charge is 0.396 e. The third-order valence-electron chi connectivity index (χ3n) is 2.74. The van der Waals surface area contributed by atoms with Crippen molar-refractivity contribution < 1.29 is 8.85 Å². The summed E-state index contributed by atoms with van der Waals surface area (Å²) < 4.78 is 11.8. The van der Waals surface area contributed by atoms with Gasteiger partial charge >= 0.3 is 9.28 Å². The van der Waals surface area contributed by atoms with Gasteiger partial charge in [0.2, 0.25) is 0 Å². The molecule has 4 heteroatoms. The summed E-state index contributed by atoms with van der Waals surface area (Å²) in [5.74, 6) is 0. The Morgan fingerprint density at radius 3 is 2.06 bits per heavy atom. The van der Waals surface area contributed by atoms with Crippen LogP contribution in [-0.2, 0) is 8.85 Å². The molecule has 1 atom stereocenters. The third kappa shape index (κ3) is 9.34. The highest BCUT2D eigenvalue weighted by Crippen LogP contribution is 2.18. The Morgan fingerprint density at radius 1 is 1.12 bits per heavy atom. The molecule has 0 aromatic carbocycles. The van der Waals surface area contributed by atoms with Crippen molar-refractivity contribution in [2.75, 3.05) is 13.2 Å². The molecule has 0 fully saturated rings. The number of hydrogen-bond acceptors (Lipinski definition) is 3. The number of nitriles is 1. The maximum absolute atomic E-state index is 8.61. The van der Waals surface area contributed by atoms with Gasteiger partial charge in [-0.1, -0.05) is 33.6 Å². The second kappa shape index (κ2) is 12.1. The van der Waals surface area contributed by atoms with E-state index >= 15 is 0 Å². The van der Waals surface area contributed by atoms with Crippen molar-refractivity contribution in [3.05, 3.63) is 0 Å². The lowest BCUT2D eigenvalue weighted by atomic mass is 10.3. The van der Waals surface area contributed by atoms with Crippen molar-refractivity contribution in [1.29, 1.82) is 5.26 Å². The van der Waals surface area contributed by atoms with Gasteiger partial charge < -0.3 is 8.85 Å². The van der Waals surface area contributed by atoms with E-state index in [1.54, 1.807) is 0 Å². The van der Waals surface area contributed by atoms with Crippen molar-refractivity contribution >= 4 is 9.28 Å². The molecule has 0 bridgehead atoms. The van der Waals surface area contributed by atoms with Gasteiger partial charge in [0.15, 0.2) is 0 Å². The number of nitrogens with zero attached hydrogens (tertiary/aromatic N) is 1. The van der Waals surface area contributed by atoms with Gasteiger partial charge in [0, 0.05) is 19.6 Å². The molecule has 0 N–H and O–H groups in total. The number of unbranched alkanes of at least 4 members (excludes halogenated alkanes) is 2. The molecule has 0 spiro atoms. The summed E-state index contributed by atoms with van der Waals surface area (Å²) in [6.07, 6.45) is 6.03. The van der Waals surface area contributed by atoms with Crippen LogP contribution in [0.25, 0.3) is 0 Å². The molecule has 0 radical (unpaired) electrons. The SMILES string of the molecule is CCCCO[SiH](OCCCC)C(C)CCC#N. The predicted molar refractivity (Wildman–Crippen MR) is 73.1 cm³/mol. The van der Waals surface area contributed by atoms with E-state index in [2.05, 4.69) is 26.8 Å². The van der Waals surface area contributed by atoms with Crippen LogP contribution >= 0.6 is 0 Å². The first kappa shape index (κ1) is 16.6. The normalized spacial score (nSPS) is 12.6. The monoisotopic (exact) mass is 257 g/mol. The minimum atomic E-state index is -1.57. The van der Waals surface area contributed by atoms with E-state index < -0.39 is 9.28 Å². The Labute approximate surface area is 108 Å². The van der Waals surface area contributed by atoms with Crippen LogP contribution < -0.4 is 0 Å². The lowest BCUT2D eigenvalue weighted by molar-refractivity contribution is 0.183. The third-order valence-corrected chi connectivity index (χ3v) is 5.13. The second-order valence-corrected chi connectivity index (χ2v) is 7.03. The fraction of sp³-hybridized carbons (Fsp3) is 0.923. The Kier molecular flexibility index (Phi) is 11.8. The number of hydrogen-bond donors (Lipinski definition) is 0. The van der Waals surface area contributed by atoms with Gasteiger partial charge in [0.25, 0.3) is 0 Å². The lowest BCUT2D eigenvalue weighted by Gasteiger charge is -2.22. The standard InChI is InChI=1S/C13H27NO2Si/c1-4-6-11-15-17(16-12-7-5-2)13(3)9-8-10-14/h13,17H,4-9,11-12H2,1-3H3. The quantitative estimate of drug-likeness (QED) is 0.420. The fourth-order valence-corrected chi connectivity index (χ4v) is 3.48. The van der Waals surface area contributed by atoms with Crippen LogP contribution in [0.1, 0.15) is 59.3 Å². The van der Waals surface area contributed by atoms with E-state index in [4.69, 9.17) is 14.1 Å². The van der Waals surface area contributed by atoms with Crippen molar-refractivity contribution in [3.8, 4) is 6.07 Å². The first-order chi connectivity index (χ1) is 8.26. The van der Waals surface area contributed by atoms with Crippen LogP contribution in [-0.4, -0.2) is 22.5 Å². The summed E-state index contributed by atoms with van der Waals surface area (Å²) in [4.78, 5) is 0. The molecule has 0 heterocycles. The fourth-order valence-electron chi connectivity index (χ4n) is 1.49. The highest BCUT2D eigenvalue weighted by molar-refractivity contribution is 6.46. The van der Waals surface area contributed by atoms with Gasteiger partial charge in [-0.15, -0.1) is 0 Å². The molecule has 0 rings (SSSR count). The zero-order valence-corrected chi connectivity index (χ0v) is 12.7. The lowest BCUT2D eigenvalue weighted by Crippen LogP contribution is -2.28. The molecular formula is C13H27NO2Si. The Morgan fingerprint density at radius 2 is 1.65 bits per heavy atom. The highest BCUT2D eigenvalue weighted by atomic mass is 28.3. The van der Waals surface area contributed by atoms with Crippen LogP contribution in [0.15, 0.2) is 0 Å². The molecule has 3 nitrogen and oxygen atoms in total. The molecule has 0 aliphatic heterocycles. The van der Waals surface area contributed by atoms with Crippen LogP contribution in [0.2, 0.25) is 5.54 Å². The van der Waals surface area contributed by atoms with Gasteiger partial charge in [0.05, 0.1) is 6.07 Å². The first-order valence-electron chi connectivity index (χ1n) is 6.86. The molecule has 0 aromatic rings. The van der Waals surface area contributed by atoms with Gasteiger partial charge in [0.1, 0.15) is 0 Å². The number of rotatable bonds is 11. The molecule has 1 unspecified atom stereocenters. The highest BCUT2D eigenvalue weighted by Gasteiger charge is 2.21. The molecule has 0 aliphatic rings. The molecule has 17 heavy (non-hydrogen) atoms. The summed E-state index contributed by atoms with van der Waals surface area (Å²) in [7, 11) is -1.57. The summed E-state index contributed by atoms with van der Waals surface area (Å²) in [6.45, 7) is 8.12. The Bertz CT molecular complexity index is 196. The average Bonchev–Trinajstić information content (AvgIpc) is 2.34. The van der Waals surface area contributed by atoms with Crippen LogP contribution in [0.3, 0.4) is 0 Å². The first-order valence-corrected chi connectivity index (χ1v) is 8.47. The Balaban J connectivity index is 3.94. The van der Waals surface area contributed by atoms with E-state index in [1.165, 1.54) is 0 Å². The topological polar surface area (TPSA) is 42.2 Å². The molecule has 0 saturated heterocycles. The smallest absolute Gasteiger partial charge is 0.324 e. The Hall–Kier alpha value is -0.373. The van der Waals surface area contributed by atoms with Crippen molar-refractivity contribution in [1.82, 2.24) is 0 Å². The van der Waals surface area contributed by atoms with Gasteiger partial charge in [-0.2, -0.15) is 5.26 Å². The van der Waals surface area contributed by atoms with Crippen LogP contribution in [0.4, 0.5) is 0 Å². The summed E-state index contributed by atoms with van der Waals surface area (Å²) in [5.41, 5.74) is 0.434. The van der Waals surface area contributed by atoms with E-state index in [-0.39, 0.29) is 0 Å². The molecule has 0 amide bonds. The second-order valence-electron chi connectivity index (χ2n) is 4.49. The maximum atomic E-state index is 8.61. The molecule has 0 aliphatic carbocycles. The van der Waals surface area contributed by atoms with Crippen LogP contribution in [0.5, 0.6) is 0 Å². The predicted octanol–water partition coefficient (Wildman–Crippen LogP) is 3.53. The maximum Gasteiger partial charge on any atom is 0.324 e. The zero-order chi connectivity index (χ0) is 12.9. The van der Waals surface area contributed by atoms with E-state index in [9.17, 15) is 0 Å². The minimum Gasteiger partial charge on any atom is -0.396 e. The zero-order valence-electron chi connectivity index (χ0n) is 11.6. The molecule has 0 saturated carbocycles. The summed E-state index contributed by atoms with van der Waals surface area (Å²) >= 11 is 0.